The minimum Gasteiger partial charge on any atom is -0.469 e. The van der Waals surface area contributed by atoms with Gasteiger partial charge in [-0.3, -0.25) is 0 Å². The molecule has 0 saturated heterocycles. The predicted octanol–water partition coefficient (Wildman–Crippen LogP) is 2.20. The second-order valence-electron chi connectivity index (χ2n) is 3.45. The molecule has 1 aromatic carbocycles. The zero-order chi connectivity index (χ0) is 11.4. The van der Waals surface area contributed by atoms with Gasteiger partial charge in [0.15, 0.2) is 0 Å². The summed E-state index contributed by atoms with van der Waals surface area (Å²) in [7, 11) is 0. The number of nitrogen functional groups attached to an aromatic ring is 1. The van der Waals surface area contributed by atoms with Crippen LogP contribution in [0.3, 0.4) is 0 Å². The predicted molar refractivity (Wildman–Crippen MR) is 61.9 cm³/mol. The number of benzene rings is 1. The average Bonchev–Trinajstić information content (AvgIpc) is 2.33. The van der Waals surface area contributed by atoms with Crippen molar-refractivity contribution in [3.8, 4) is 5.88 Å². The lowest BCUT2D eigenvalue weighted by molar-refractivity contribution is 0.216. The maximum absolute atomic E-state index is 5.63. The van der Waals surface area contributed by atoms with E-state index in [0.29, 0.717) is 11.7 Å². The summed E-state index contributed by atoms with van der Waals surface area (Å²) < 4.78 is 5.63. The molecule has 1 aromatic heterocycles. The fourth-order valence-electron chi connectivity index (χ4n) is 1.36. The van der Waals surface area contributed by atoms with Gasteiger partial charge < -0.3 is 10.5 Å². The van der Waals surface area contributed by atoms with Crippen molar-refractivity contribution in [3.63, 3.8) is 0 Å². The number of hydrogen-bond acceptors (Lipinski definition) is 4. The molecule has 4 nitrogen and oxygen atoms in total. The van der Waals surface area contributed by atoms with Gasteiger partial charge in [0.2, 0.25) is 5.88 Å². The average molecular weight is 215 g/mol. The summed E-state index contributed by atoms with van der Waals surface area (Å²) in [5.74, 6) is 0.866. The summed E-state index contributed by atoms with van der Waals surface area (Å²) in [6.45, 7) is 1.97. The number of rotatable bonds is 3. The fraction of sp³-hybridized carbons (Fsp3) is 0.167. The van der Waals surface area contributed by atoms with Crippen molar-refractivity contribution in [2.45, 2.75) is 13.0 Å². The van der Waals surface area contributed by atoms with Gasteiger partial charge in [-0.25, -0.2) is 9.97 Å². The molecule has 4 heteroatoms. The van der Waals surface area contributed by atoms with E-state index in [4.69, 9.17) is 10.5 Å². The molecule has 1 unspecified atom stereocenters. The van der Waals surface area contributed by atoms with Crippen molar-refractivity contribution in [1.29, 1.82) is 0 Å². The molecule has 0 aliphatic heterocycles. The molecule has 82 valence electrons. The summed E-state index contributed by atoms with van der Waals surface area (Å²) >= 11 is 0. The number of hydrogen-bond donors (Lipinski definition) is 1. The van der Waals surface area contributed by atoms with E-state index in [1.165, 1.54) is 12.4 Å². The third-order valence-electron chi connectivity index (χ3n) is 2.21. The quantitative estimate of drug-likeness (QED) is 0.852. The van der Waals surface area contributed by atoms with Crippen LogP contribution >= 0.6 is 0 Å². The highest BCUT2D eigenvalue weighted by Gasteiger charge is 2.07. The van der Waals surface area contributed by atoms with E-state index in [-0.39, 0.29) is 6.10 Å². The zero-order valence-electron chi connectivity index (χ0n) is 9.00. The molecule has 2 N–H and O–H groups in total. The summed E-state index contributed by atoms with van der Waals surface area (Å²) in [5.41, 5.74) is 6.54. The van der Waals surface area contributed by atoms with Crippen LogP contribution in [0.15, 0.2) is 42.7 Å². The molecule has 0 aliphatic carbocycles. The maximum atomic E-state index is 5.63. The molecule has 0 amide bonds. The van der Waals surface area contributed by atoms with Crippen molar-refractivity contribution in [2.75, 3.05) is 5.73 Å². The van der Waals surface area contributed by atoms with Crippen LogP contribution in [0.5, 0.6) is 5.88 Å². The number of anilines is 1. The maximum Gasteiger partial charge on any atom is 0.233 e. The first-order valence-corrected chi connectivity index (χ1v) is 5.05. The van der Waals surface area contributed by atoms with E-state index in [0.717, 1.165) is 5.56 Å². The first-order valence-electron chi connectivity index (χ1n) is 5.05. The Hall–Kier alpha value is -2.10. The van der Waals surface area contributed by atoms with Gasteiger partial charge in [-0.1, -0.05) is 30.3 Å². The van der Waals surface area contributed by atoms with Crippen LogP contribution in [0.1, 0.15) is 18.6 Å². The van der Waals surface area contributed by atoms with Crippen molar-refractivity contribution in [1.82, 2.24) is 9.97 Å². The van der Waals surface area contributed by atoms with Gasteiger partial charge in [-0.05, 0) is 12.5 Å². The van der Waals surface area contributed by atoms with Crippen LogP contribution in [0.4, 0.5) is 5.82 Å². The highest BCUT2D eigenvalue weighted by molar-refractivity contribution is 5.25. The van der Waals surface area contributed by atoms with Gasteiger partial charge in [0.05, 0.1) is 12.4 Å². The minimum absolute atomic E-state index is 0.0564. The lowest BCUT2D eigenvalue weighted by atomic mass is 10.1. The van der Waals surface area contributed by atoms with Crippen LogP contribution in [0.2, 0.25) is 0 Å². The van der Waals surface area contributed by atoms with E-state index in [2.05, 4.69) is 9.97 Å². The third-order valence-corrected chi connectivity index (χ3v) is 2.21. The summed E-state index contributed by atoms with van der Waals surface area (Å²) in [6, 6.07) is 9.94. The summed E-state index contributed by atoms with van der Waals surface area (Å²) in [6.07, 6.45) is 2.95. The van der Waals surface area contributed by atoms with E-state index >= 15 is 0 Å². The SMILES string of the molecule is CC(Oc1cnc(N)cn1)c1ccccc1. The highest BCUT2D eigenvalue weighted by atomic mass is 16.5. The molecule has 1 atom stereocenters. The van der Waals surface area contributed by atoms with Gasteiger partial charge in [0.1, 0.15) is 11.9 Å². The van der Waals surface area contributed by atoms with Crippen molar-refractivity contribution >= 4 is 5.82 Å². The van der Waals surface area contributed by atoms with Crippen LogP contribution in [-0.2, 0) is 0 Å². The molecule has 0 bridgehead atoms. The molecule has 0 fully saturated rings. The molecule has 0 spiro atoms. The molecule has 1 heterocycles. The molecule has 0 radical (unpaired) electrons. The molecule has 2 aromatic rings. The van der Waals surface area contributed by atoms with Crippen molar-refractivity contribution in [3.05, 3.63) is 48.3 Å². The number of nitrogens with two attached hydrogens (primary N) is 1. The largest absolute Gasteiger partial charge is 0.469 e. The highest BCUT2D eigenvalue weighted by Crippen LogP contribution is 2.18. The third kappa shape index (κ3) is 2.48. The normalized spacial score (nSPS) is 12.1. The Labute approximate surface area is 94.1 Å². The molecular formula is C12H13N3O. The Morgan fingerprint density at radius 2 is 1.88 bits per heavy atom. The Balaban J connectivity index is 2.08. The van der Waals surface area contributed by atoms with Crippen molar-refractivity contribution in [2.24, 2.45) is 0 Å². The Bertz CT molecular complexity index is 442. The number of nitrogens with zero attached hydrogens (tertiary/aromatic N) is 2. The van der Waals surface area contributed by atoms with Crippen LogP contribution in [0.25, 0.3) is 0 Å². The smallest absolute Gasteiger partial charge is 0.233 e. The molecule has 2 rings (SSSR count). The number of ether oxygens (including phenoxy) is 1. The van der Waals surface area contributed by atoms with Gasteiger partial charge in [0, 0.05) is 0 Å². The summed E-state index contributed by atoms with van der Waals surface area (Å²) in [5, 5.41) is 0. The van der Waals surface area contributed by atoms with Gasteiger partial charge in [-0.2, -0.15) is 0 Å². The van der Waals surface area contributed by atoms with E-state index in [1.807, 2.05) is 37.3 Å². The Morgan fingerprint density at radius 1 is 1.12 bits per heavy atom. The molecular weight excluding hydrogens is 202 g/mol. The Morgan fingerprint density at radius 3 is 2.50 bits per heavy atom. The first-order chi connectivity index (χ1) is 7.75. The lowest BCUT2D eigenvalue weighted by Crippen LogP contribution is -2.04. The van der Waals surface area contributed by atoms with E-state index in [1.54, 1.807) is 0 Å². The van der Waals surface area contributed by atoms with Gasteiger partial charge in [0.25, 0.3) is 0 Å². The van der Waals surface area contributed by atoms with Crippen LogP contribution < -0.4 is 10.5 Å². The standard InChI is InChI=1S/C12H13N3O/c1-9(10-5-3-2-4-6-10)16-12-8-14-11(13)7-15-12/h2-9H,1H3,(H2,13,14). The van der Waals surface area contributed by atoms with Crippen LogP contribution in [-0.4, -0.2) is 9.97 Å². The van der Waals surface area contributed by atoms with Gasteiger partial charge >= 0.3 is 0 Å². The lowest BCUT2D eigenvalue weighted by Gasteiger charge is -2.13. The fourth-order valence-corrected chi connectivity index (χ4v) is 1.36. The van der Waals surface area contributed by atoms with E-state index in [9.17, 15) is 0 Å². The molecule has 0 aliphatic rings. The monoisotopic (exact) mass is 215 g/mol. The molecule has 16 heavy (non-hydrogen) atoms. The number of aromatic nitrogens is 2. The zero-order valence-corrected chi connectivity index (χ0v) is 9.00. The van der Waals surface area contributed by atoms with Crippen molar-refractivity contribution < 1.29 is 4.74 Å². The van der Waals surface area contributed by atoms with Crippen LogP contribution in [0, 0.1) is 0 Å². The second-order valence-corrected chi connectivity index (χ2v) is 3.45. The van der Waals surface area contributed by atoms with Gasteiger partial charge in [-0.15, -0.1) is 0 Å². The topological polar surface area (TPSA) is 61.0 Å². The summed E-state index contributed by atoms with van der Waals surface area (Å²) in [4.78, 5) is 7.95. The first kappa shape index (κ1) is 10.4. The molecule has 0 saturated carbocycles. The second kappa shape index (κ2) is 4.61. The minimum atomic E-state index is -0.0564. The Kier molecular flexibility index (Phi) is 3.00. The van der Waals surface area contributed by atoms with E-state index < -0.39 is 0 Å².